The van der Waals surface area contributed by atoms with Crippen molar-refractivity contribution in [3.05, 3.63) is 0 Å². The fourth-order valence-corrected chi connectivity index (χ4v) is 0.951. The van der Waals surface area contributed by atoms with Gasteiger partial charge in [0.1, 0.15) is 17.0 Å². The molecule has 0 aliphatic rings. The largest absolute Gasteiger partial charge is 0.459 e. The average Bonchev–Trinajstić information content (AvgIpc) is 2.14. The summed E-state index contributed by atoms with van der Waals surface area (Å²) in [5.41, 5.74) is 4.77. The zero-order valence-electron chi connectivity index (χ0n) is 9.99. The third-order valence-corrected chi connectivity index (χ3v) is 1.89. The molecular formula is C10H16BrNO5. The zero-order valence-corrected chi connectivity index (χ0v) is 11.6. The number of ether oxygens (including phenoxy) is 2. The van der Waals surface area contributed by atoms with Crippen LogP contribution in [0.15, 0.2) is 0 Å². The van der Waals surface area contributed by atoms with Crippen LogP contribution in [0.2, 0.25) is 0 Å². The van der Waals surface area contributed by atoms with Crippen LogP contribution in [0.4, 0.5) is 0 Å². The lowest BCUT2D eigenvalue weighted by molar-refractivity contribution is -0.163. The first-order chi connectivity index (χ1) is 7.65. The van der Waals surface area contributed by atoms with Gasteiger partial charge in [0.15, 0.2) is 0 Å². The molecule has 6 nitrogen and oxygen atoms in total. The molecule has 0 heterocycles. The molecule has 7 heteroatoms. The number of alkyl halides is 1. The van der Waals surface area contributed by atoms with Gasteiger partial charge in [0, 0.05) is 0 Å². The van der Waals surface area contributed by atoms with Crippen LogP contribution in [0, 0.1) is 0 Å². The minimum Gasteiger partial charge on any atom is -0.459 e. The number of rotatable bonds is 4. The summed E-state index contributed by atoms with van der Waals surface area (Å²) in [7, 11) is 0. The number of hydrogen-bond donors (Lipinski definition) is 1. The van der Waals surface area contributed by atoms with Gasteiger partial charge < -0.3 is 15.2 Å². The Kier molecular flexibility index (Phi) is 6.33. The van der Waals surface area contributed by atoms with Crippen molar-refractivity contribution in [2.75, 3.05) is 5.33 Å². The lowest BCUT2D eigenvalue weighted by atomic mass is 10.1. The molecular weight excluding hydrogens is 294 g/mol. The predicted molar refractivity (Wildman–Crippen MR) is 63.3 cm³/mol. The highest BCUT2D eigenvalue weighted by molar-refractivity contribution is 9.09. The van der Waals surface area contributed by atoms with Gasteiger partial charge in [0.25, 0.3) is 0 Å². The first-order valence-electron chi connectivity index (χ1n) is 4.93. The Balaban J connectivity index is 4.17. The van der Waals surface area contributed by atoms with E-state index in [1.54, 1.807) is 20.8 Å². The molecule has 0 fully saturated rings. The second kappa shape index (κ2) is 6.70. The van der Waals surface area contributed by atoms with E-state index in [-0.39, 0.29) is 5.33 Å². The lowest BCUT2D eigenvalue weighted by Crippen LogP contribution is -2.39. The summed E-state index contributed by atoms with van der Waals surface area (Å²) >= 11 is 2.83. The Bertz CT molecular complexity index is 310. The van der Waals surface area contributed by atoms with E-state index in [1.165, 1.54) is 0 Å². The van der Waals surface area contributed by atoms with Gasteiger partial charge in [-0.05, 0) is 20.8 Å². The van der Waals surface area contributed by atoms with E-state index in [2.05, 4.69) is 20.7 Å². The summed E-state index contributed by atoms with van der Waals surface area (Å²) in [6, 6.07) is -1.13. The molecule has 2 N–H and O–H groups in total. The molecule has 0 aliphatic heterocycles. The minimum atomic E-state index is -1.13. The van der Waals surface area contributed by atoms with Crippen molar-refractivity contribution in [1.82, 2.24) is 0 Å². The van der Waals surface area contributed by atoms with Crippen LogP contribution in [0.1, 0.15) is 27.2 Å². The molecule has 98 valence electrons. The molecule has 0 amide bonds. The van der Waals surface area contributed by atoms with Crippen LogP contribution in [0.25, 0.3) is 0 Å². The van der Waals surface area contributed by atoms with Gasteiger partial charge in [-0.2, -0.15) is 0 Å². The van der Waals surface area contributed by atoms with E-state index in [0.29, 0.717) is 0 Å². The minimum absolute atomic E-state index is 0.0968. The SMILES string of the molecule is CC(C)(C)OC(=O)[C@@H](N)CC(=O)OC(=O)CBr. The molecule has 0 rings (SSSR count). The number of esters is 3. The lowest BCUT2D eigenvalue weighted by Gasteiger charge is -2.21. The van der Waals surface area contributed by atoms with Crippen molar-refractivity contribution >= 4 is 33.8 Å². The smallest absolute Gasteiger partial charge is 0.324 e. The van der Waals surface area contributed by atoms with Crippen LogP contribution in [0.5, 0.6) is 0 Å². The van der Waals surface area contributed by atoms with E-state index in [1.807, 2.05) is 0 Å². The van der Waals surface area contributed by atoms with Crippen LogP contribution in [0.3, 0.4) is 0 Å². The van der Waals surface area contributed by atoms with Crippen LogP contribution in [-0.4, -0.2) is 34.9 Å². The van der Waals surface area contributed by atoms with E-state index in [9.17, 15) is 14.4 Å². The molecule has 0 saturated carbocycles. The normalized spacial score (nSPS) is 12.8. The van der Waals surface area contributed by atoms with Gasteiger partial charge in [0.2, 0.25) is 0 Å². The highest BCUT2D eigenvalue weighted by atomic mass is 79.9. The summed E-state index contributed by atoms with van der Waals surface area (Å²) in [6.07, 6.45) is -0.395. The third kappa shape index (κ3) is 7.87. The summed E-state index contributed by atoms with van der Waals surface area (Å²) in [5.74, 6) is -2.29. The highest BCUT2D eigenvalue weighted by Crippen LogP contribution is 2.09. The maximum absolute atomic E-state index is 11.4. The van der Waals surface area contributed by atoms with Gasteiger partial charge in [-0.1, -0.05) is 15.9 Å². The number of carbonyl (C=O) groups is 3. The van der Waals surface area contributed by atoms with Gasteiger partial charge in [-0.25, -0.2) is 0 Å². The summed E-state index contributed by atoms with van der Waals surface area (Å²) < 4.78 is 9.30. The number of nitrogens with two attached hydrogens (primary N) is 1. The Labute approximate surface area is 108 Å². The van der Waals surface area contributed by atoms with Crippen molar-refractivity contribution in [3.63, 3.8) is 0 Å². The average molecular weight is 310 g/mol. The van der Waals surface area contributed by atoms with E-state index in [4.69, 9.17) is 10.5 Å². The number of hydrogen-bond acceptors (Lipinski definition) is 6. The molecule has 0 radical (unpaired) electrons. The summed E-state index contributed by atoms with van der Waals surface area (Å²) in [6.45, 7) is 5.05. The molecule has 17 heavy (non-hydrogen) atoms. The van der Waals surface area contributed by atoms with Crippen molar-refractivity contribution in [2.45, 2.75) is 38.8 Å². The van der Waals surface area contributed by atoms with E-state index >= 15 is 0 Å². The second-order valence-electron chi connectivity index (χ2n) is 4.32. The van der Waals surface area contributed by atoms with Crippen molar-refractivity contribution < 1.29 is 23.9 Å². The predicted octanol–water partition coefficient (Wildman–Crippen LogP) is 0.510. The Morgan fingerprint density at radius 1 is 1.24 bits per heavy atom. The van der Waals surface area contributed by atoms with Gasteiger partial charge in [-0.3, -0.25) is 14.4 Å². The quantitative estimate of drug-likeness (QED) is 0.462. The monoisotopic (exact) mass is 309 g/mol. The van der Waals surface area contributed by atoms with Gasteiger partial charge in [-0.15, -0.1) is 0 Å². The highest BCUT2D eigenvalue weighted by Gasteiger charge is 2.25. The second-order valence-corrected chi connectivity index (χ2v) is 4.88. The fraction of sp³-hybridized carbons (Fsp3) is 0.700. The van der Waals surface area contributed by atoms with Crippen molar-refractivity contribution in [2.24, 2.45) is 5.73 Å². The number of halogens is 1. The molecule has 0 aromatic rings. The first kappa shape index (κ1) is 16.1. The molecule has 1 atom stereocenters. The molecule has 0 spiro atoms. The maximum atomic E-state index is 11.4. The maximum Gasteiger partial charge on any atom is 0.324 e. The summed E-state index contributed by atoms with van der Waals surface area (Å²) in [4.78, 5) is 33.3. The topological polar surface area (TPSA) is 95.7 Å². The Morgan fingerprint density at radius 3 is 2.18 bits per heavy atom. The standard InChI is InChI=1S/C10H16BrNO5/c1-10(2,3)17-9(15)6(12)4-7(13)16-8(14)5-11/h6H,4-5,12H2,1-3H3/t6-/m0/s1. The van der Waals surface area contributed by atoms with E-state index < -0.39 is 36.0 Å². The van der Waals surface area contributed by atoms with Crippen LogP contribution >= 0.6 is 15.9 Å². The van der Waals surface area contributed by atoms with Crippen LogP contribution in [-0.2, 0) is 23.9 Å². The Hall–Kier alpha value is -0.950. The molecule has 0 saturated heterocycles. The van der Waals surface area contributed by atoms with E-state index in [0.717, 1.165) is 0 Å². The molecule has 0 aromatic heterocycles. The summed E-state index contributed by atoms with van der Waals surface area (Å²) in [5, 5.41) is -0.0968. The Morgan fingerprint density at radius 2 is 1.76 bits per heavy atom. The molecule has 0 unspecified atom stereocenters. The first-order valence-corrected chi connectivity index (χ1v) is 6.05. The molecule has 0 aromatic carbocycles. The van der Waals surface area contributed by atoms with Crippen molar-refractivity contribution in [1.29, 1.82) is 0 Å². The van der Waals surface area contributed by atoms with Gasteiger partial charge in [0.05, 0.1) is 6.42 Å². The van der Waals surface area contributed by atoms with Crippen molar-refractivity contribution in [3.8, 4) is 0 Å². The molecule has 0 aliphatic carbocycles. The molecule has 0 bridgehead atoms. The number of carbonyl (C=O) groups excluding carboxylic acids is 3. The zero-order chi connectivity index (χ0) is 13.6. The third-order valence-electron chi connectivity index (χ3n) is 1.43. The fourth-order valence-electron chi connectivity index (χ4n) is 0.836. The van der Waals surface area contributed by atoms with Crippen LogP contribution < -0.4 is 5.73 Å². The van der Waals surface area contributed by atoms with Gasteiger partial charge >= 0.3 is 17.9 Å².